The number of aromatic carboxylic acids is 1. The van der Waals surface area contributed by atoms with E-state index in [0.29, 0.717) is 0 Å². The Morgan fingerprint density at radius 1 is 1.44 bits per heavy atom. The van der Waals surface area contributed by atoms with Gasteiger partial charge >= 0.3 is 5.97 Å². The molecule has 0 aromatic carbocycles. The largest absolute Gasteiger partial charge is 0.478 e. The third-order valence-corrected chi connectivity index (χ3v) is 3.36. The Labute approximate surface area is 102 Å². The van der Waals surface area contributed by atoms with Crippen LogP contribution in [0.5, 0.6) is 0 Å². The maximum Gasteiger partial charge on any atom is 0.339 e. The van der Waals surface area contributed by atoms with Crippen LogP contribution in [0.2, 0.25) is 0 Å². The fraction of sp³-hybridized carbons (Fsp3) is 0. The van der Waals surface area contributed by atoms with E-state index in [0.717, 1.165) is 6.20 Å². The van der Waals surface area contributed by atoms with Crippen LogP contribution in [0.25, 0.3) is 0 Å². The van der Waals surface area contributed by atoms with Crippen LogP contribution in [0.15, 0.2) is 35.6 Å². The first kappa shape index (κ1) is 12.0. The van der Waals surface area contributed by atoms with E-state index in [9.17, 15) is 13.2 Å². The molecule has 0 aliphatic heterocycles. The van der Waals surface area contributed by atoms with Crippen molar-refractivity contribution in [3.05, 3.63) is 36.3 Å². The van der Waals surface area contributed by atoms with E-state index >= 15 is 0 Å². The molecule has 18 heavy (non-hydrogen) atoms. The van der Waals surface area contributed by atoms with Gasteiger partial charge < -0.3 is 5.11 Å². The second kappa shape index (κ2) is 4.45. The smallest absolute Gasteiger partial charge is 0.339 e. The van der Waals surface area contributed by atoms with Crippen molar-refractivity contribution >= 4 is 21.8 Å². The van der Waals surface area contributed by atoms with Crippen LogP contribution in [0.3, 0.4) is 0 Å². The van der Waals surface area contributed by atoms with E-state index in [1.54, 1.807) is 0 Å². The molecule has 0 amide bonds. The first-order valence-corrected chi connectivity index (χ1v) is 6.19. The number of carboxylic acids is 1. The van der Waals surface area contributed by atoms with Gasteiger partial charge in [-0.15, -0.1) is 0 Å². The zero-order chi connectivity index (χ0) is 13.2. The quantitative estimate of drug-likeness (QED) is 0.732. The molecule has 0 unspecified atom stereocenters. The Balaban J connectivity index is 2.39. The molecular formula is C9H8N4O4S. The molecule has 0 atom stereocenters. The highest BCUT2D eigenvalue weighted by atomic mass is 32.2. The second-order valence-electron chi connectivity index (χ2n) is 3.24. The summed E-state index contributed by atoms with van der Waals surface area (Å²) in [5, 5.41) is 14.8. The Hall–Kier alpha value is -2.42. The van der Waals surface area contributed by atoms with Gasteiger partial charge in [0, 0.05) is 12.4 Å². The zero-order valence-electron chi connectivity index (χ0n) is 8.86. The molecule has 0 aliphatic rings. The van der Waals surface area contributed by atoms with Gasteiger partial charge in [0.1, 0.15) is 10.5 Å². The lowest BCUT2D eigenvalue weighted by Gasteiger charge is -2.07. The molecule has 94 valence electrons. The van der Waals surface area contributed by atoms with Crippen LogP contribution in [-0.4, -0.2) is 34.7 Å². The van der Waals surface area contributed by atoms with E-state index < -0.39 is 16.0 Å². The fourth-order valence-corrected chi connectivity index (χ4v) is 2.17. The molecule has 2 rings (SSSR count). The topological polar surface area (TPSA) is 125 Å². The number of aromatic amines is 1. The van der Waals surface area contributed by atoms with Gasteiger partial charge in [-0.3, -0.25) is 9.82 Å². The molecule has 2 heterocycles. The molecule has 0 radical (unpaired) electrons. The molecule has 2 aromatic rings. The number of pyridine rings is 1. The molecular weight excluding hydrogens is 260 g/mol. The number of nitrogens with one attached hydrogen (secondary N) is 2. The lowest BCUT2D eigenvalue weighted by atomic mass is 10.3. The number of H-pyrrole nitrogens is 1. The summed E-state index contributed by atoms with van der Waals surface area (Å²) in [7, 11) is -3.90. The monoisotopic (exact) mass is 268 g/mol. The van der Waals surface area contributed by atoms with Gasteiger partial charge in [-0.1, -0.05) is 0 Å². The Bertz CT molecular complexity index is 666. The third-order valence-electron chi connectivity index (χ3n) is 2.05. The van der Waals surface area contributed by atoms with Crippen LogP contribution >= 0.6 is 0 Å². The zero-order valence-corrected chi connectivity index (χ0v) is 9.68. The Kier molecular flexibility index (Phi) is 2.98. The van der Waals surface area contributed by atoms with Crippen molar-refractivity contribution in [2.75, 3.05) is 4.72 Å². The molecule has 0 fully saturated rings. The van der Waals surface area contributed by atoms with E-state index in [-0.39, 0.29) is 16.3 Å². The van der Waals surface area contributed by atoms with Crippen LogP contribution in [0.1, 0.15) is 10.4 Å². The predicted molar refractivity (Wildman–Crippen MR) is 60.6 cm³/mol. The summed E-state index contributed by atoms with van der Waals surface area (Å²) in [5.74, 6) is -1.51. The molecule has 3 N–H and O–H groups in total. The molecule has 0 aliphatic carbocycles. The van der Waals surface area contributed by atoms with Gasteiger partial charge in [0.25, 0.3) is 10.0 Å². The van der Waals surface area contributed by atoms with Crippen LogP contribution in [0.4, 0.5) is 5.82 Å². The molecule has 0 spiro atoms. The first-order chi connectivity index (χ1) is 8.50. The molecule has 0 saturated carbocycles. The normalized spacial score (nSPS) is 11.1. The SMILES string of the molecule is O=C(O)c1cccnc1NS(=O)(=O)c1cn[nH]c1. The van der Waals surface area contributed by atoms with Crippen LogP contribution < -0.4 is 4.72 Å². The number of sulfonamides is 1. The Morgan fingerprint density at radius 2 is 2.22 bits per heavy atom. The van der Waals surface area contributed by atoms with E-state index in [1.165, 1.54) is 24.5 Å². The number of anilines is 1. The van der Waals surface area contributed by atoms with Crippen molar-refractivity contribution in [1.29, 1.82) is 0 Å². The number of carbonyl (C=O) groups is 1. The maximum absolute atomic E-state index is 11.8. The van der Waals surface area contributed by atoms with Gasteiger partial charge in [0.2, 0.25) is 0 Å². The van der Waals surface area contributed by atoms with Gasteiger partial charge in [0.15, 0.2) is 5.82 Å². The molecule has 0 saturated heterocycles. The average molecular weight is 268 g/mol. The van der Waals surface area contributed by atoms with E-state index in [2.05, 4.69) is 19.9 Å². The average Bonchev–Trinajstić information content (AvgIpc) is 2.83. The summed E-state index contributed by atoms with van der Waals surface area (Å²) in [6.45, 7) is 0. The standard InChI is InChI=1S/C9H8N4O4S/c14-9(15)7-2-1-3-10-8(7)13-18(16,17)6-4-11-12-5-6/h1-5H,(H,10,13)(H,11,12)(H,14,15). The number of nitrogens with zero attached hydrogens (tertiary/aromatic N) is 2. The minimum atomic E-state index is -3.90. The van der Waals surface area contributed by atoms with Crippen molar-refractivity contribution in [3.63, 3.8) is 0 Å². The van der Waals surface area contributed by atoms with E-state index in [1.807, 2.05) is 0 Å². The van der Waals surface area contributed by atoms with Gasteiger partial charge in [-0.05, 0) is 12.1 Å². The van der Waals surface area contributed by atoms with Crippen molar-refractivity contribution < 1.29 is 18.3 Å². The van der Waals surface area contributed by atoms with Crippen molar-refractivity contribution in [2.45, 2.75) is 4.90 Å². The Morgan fingerprint density at radius 3 is 2.83 bits per heavy atom. The number of hydrogen-bond donors (Lipinski definition) is 3. The molecule has 2 aromatic heterocycles. The molecule has 9 heteroatoms. The lowest BCUT2D eigenvalue weighted by Crippen LogP contribution is -2.16. The summed E-state index contributed by atoms with van der Waals surface area (Å²) in [5.41, 5.74) is -0.232. The maximum atomic E-state index is 11.8. The van der Waals surface area contributed by atoms with Crippen molar-refractivity contribution in [2.24, 2.45) is 0 Å². The van der Waals surface area contributed by atoms with Gasteiger partial charge in [0.05, 0.1) is 6.20 Å². The fourth-order valence-electron chi connectivity index (χ4n) is 1.23. The second-order valence-corrected chi connectivity index (χ2v) is 4.93. The van der Waals surface area contributed by atoms with Crippen molar-refractivity contribution in [1.82, 2.24) is 15.2 Å². The summed E-state index contributed by atoms with van der Waals surface area (Å²) in [4.78, 5) is 14.5. The first-order valence-electron chi connectivity index (χ1n) is 4.70. The summed E-state index contributed by atoms with van der Waals surface area (Å²) >= 11 is 0. The highest BCUT2D eigenvalue weighted by Crippen LogP contribution is 2.16. The predicted octanol–water partition coefficient (Wildman–Crippen LogP) is 0.304. The molecule has 0 bridgehead atoms. The van der Waals surface area contributed by atoms with E-state index in [4.69, 9.17) is 5.11 Å². The minimum Gasteiger partial charge on any atom is -0.478 e. The number of hydrogen-bond acceptors (Lipinski definition) is 5. The highest BCUT2D eigenvalue weighted by molar-refractivity contribution is 7.92. The van der Waals surface area contributed by atoms with Crippen LogP contribution in [-0.2, 0) is 10.0 Å². The van der Waals surface area contributed by atoms with Gasteiger partial charge in [-0.25, -0.2) is 18.2 Å². The number of rotatable bonds is 4. The highest BCUT2D eigenvalue weighted by Gasteiger charge is 2.19. The summed E-state index contributed by atoms with van der Waals surface area (Å²) in [6.07, 6.45) is 3.57. The van der Waals surface area contributed by atoms with Gasteiger partial charge in [-0.2, -0.15) is 5.10 Å². The summed E-state index contributed by atoms with van der Waals surface area (Å²) in [6, 6.07) is 2.65. The number of carboxylic acid groups (broad SMARTS) is 1. The van der Waals surface area contributed by atoms with Crippen molar-refractivity contribution in [3.8, 4) is 0 Å². The minimum absolute atomic E-state index is 0.107. The van der Waals surface area contributed by atoms with Crippen LogP contribution in [0, 0.1) is 0 Å². The number of aromatic nitrogens is 3. The lowest BCUT2D eigenvalue weighted by molar-refractivity contribution is 0.0697. The summed E-state index contributed by atoms with van der Waals surface area (Å²) < 4.78 is 25.8. The third kappa shape index (κ3) is 2.30. The molecule has 8 nitrogen and oxygen atoms in total.